The van der Waals surface area contributed by atoms with Crippen LogP contribution in [0.3, 0.4) is 0 Å². The number of benzene rings is 1. The maximum absolute atomic E-state index is 12.5. The second-order valence-electron chi connectivity index (χ2n) is 7.11. The Balaban J connectivity index is 0.00000261. The molecule has 0 aliphatic rings. The second-order valence-corrected chi connectivity index (χ2v) is 7.11. The van der Waals surface area contributed by atoms with E-state index in [0.717, 1.165) is 11.0 Å². The van der Waals surface area contributed by atoms with Crippen LogP contribution in [-0.4, -0.2) is 30.8 Å². The zero-order valence-corrected chi connectivity index (χ0v) is 16.8. The molecule has 1 aromatic carbocycles. The minimum absolute atomic E-state index is 0. The molecule has 0 saturated heterocycles. The summed E-state index contributed by atoms with van der Waals surface area (Å²) in [6.07, 6.45) is 2.64. The molecule has 0 aliphatic heterocycles. The molecule has 0 radical (unpaired) electrons. The molecular formula is C19H26ClN5O2. The van der Waals surface area contributed by atoms with Gasteiger partial charge in [0.25, 0.3) is 5.56 Å². The van der Waals surface area contributed by atoms with E-state index in [9.17, 15) is 9.59 Å². The Hall–Kier alpha value is -2.38. The van der Waals surface area contributed by atoms with Crippen molar-refractivity contribution >= 4 is 11.2 Å². The third-order valence-electron chi connectivity index (χ3n) is 4.76. The van der Waals surface area contributed by atoms with Gasteiger partial charge in [-0.05, 0) is 19.4 Å². The van der Waals surface area contributed by atoms with Crippen molar-refractivity contribution in [2.75, 3.05) is 0 Å². The number of quaternary nitrogens is 1. The lowest BCUT2D eigenvalue weighted by atomic mass is 10.1. The Kier molecular flexibility index (Phi) is 6.62. The highest BCUT2D eigenvalue weighted by molar-refractivity contribution is 5.69. The lowest BCUT2D eigenvalue weighted by molar-refractivity contribution is -0.716. The normalized spacial score (nSPS) is 13.3. The Morgan fingerprint density at radius 2 is 1.70 bits per heavy atom. The predicted molar refractivity (Wildman–Crippen MR) is 101 cm³/mol. The van der Waals surface area contributed by atoms with Gasteiger partial charge in [0, 0.05) is 20.5 Å². The van der Waals surface area contributed by atoms with E-state index >= 15 is 0 Å². The van der Waals surface area contributed by atoms with Gasteiger partial charge in [-0.1, -0.05) is 30.3 Å². The van der Waals surface area contributed by atoms with E-state index in [4.69, 9.17) is 0 Å². The Labute approximate surface area is 164 Å². The molecule has 0 amide bonds. The molecule has 0 spiro atoms. The Morgan fingerprint density at radius 3 is 2.37 bits per heavy atom. The third-order valence-corrected chi connectivity index (χ3v) is 4.76. The van der Waals surface area contributed by atoms with Gasteiger partial charge in [0.05, 0.1) is 18.9 Å². The van der Waals surface area contributed by atoms with E-state index in [2.05, 4.69) is 48.4 Å². The van der Waals surface area contributed by atoms with Crippen molar-refractivity contribution in [2.24, 2.45) is 14.1 Å². The molecule has 0 aliphatic carbocycles. The lowest BCUT2D eigenvalue weighted by Crippen LogP contribution is -3.00. The first-order valence-electron chi connectivity index (χ1n) is 8.88. The number of aromatic nitrogens is 4. The summed E-state index contributed by atoms with van der Waals surface area (Å²) in [5.41, 5.74) is 1.57. The van der Waals surface area contributed by atoms with Gasteiger partial charge >= 0.3 is 5.69 Å². The number of hydrogen-bond acceptors (Lipinski definition) is 3. The van der Waals surface area contributed by atoms with Gasteiger partial charge in [0.15, 0.2) is 11.2 Å². The third kappa shape index (κ3) is 4.31. The number of aryl methyl sites for hydroxylation is 1. The van der Waals surface area contributed by atoms with Crippen LogP contribution in [0.25, 0.3) is 11.2 Å². The molecule has 2 heterocycles. The number of rotatable bonds is 6. The number of halogens is 1. The fourth-order valence-electron chi connectivity index (χ4n) is 3.52. The van der Waals surface area contributed by atoms with Crippen molar-refractivity contribution in [1.82, 2.24) is 18.7 Å². The van der Waals surface area contributed by atoms with Gasteiger partial charge in [-0.3, -0.25) is 13.9 Å². The van der Waals surface area contributed by atoms with E-state index in [0.29, 0.717) is 23.8 Å². The van der Waals surface area contributed by atoms with Crippen LogP contribution < -0.4 is 29.0 Å². The quantitative estimate of drug-likeness (QED) is 0.487. The molecule has 0 fully saturated rings. The van der Waals surface area contributed by atoms with Crippen molar-refractivity contribution in [3.8, 4) is 0 Å². The van der Waals surface area contributed by atoms with Gasteiger partial charge < -0.3 is 22.3 Å². The molecule has 2 atom stereocenters. The van der Waals surface area contributed by atoms with Crippen molar-refractivity contribution in [1.29, 1.82) is 0 Å². The summed E-state index contributed by atoms with van der Waals surface area (Å²) >= 11 is 0. The van der Waals surface area contributed by atoms with Crippen LogP contribution in [0, 0.1) is 0 Å². The maximum Gasteiger partial charge on any atom is 0.332 e. The predicted octanol–water partition coefficient (Wildman–Crippen LogP) is -2.98. The number of hydrogen-bond donors (Lipinski definition) is 1. The Bertz CT molecular complexity index is 1020. The van der Waals surface area contributed by atoms with Gasteiger partial charge in [-0.25, -0.2) is 9.78 Å². The van der Waals surface area contributed by atoms with E-state index < -0.39 is 0 Å². The van der Waals surface area contributed by atoms with Crippen LogP contribution in [0.1, 0.15) is 19.4 Å². The minimum atomic E-state index is -0.358. The Morgan fingerprint density at radius 1 is 1.04 bits per heavy atom. The van der Waals surface area contributed by atoms with Gasteiger partial charge in [0.1, 0.15) is 6.04 Å². The van der Waals surface area contributed by atoms with E-state index in [1.807, 2.05) is 10.6 Å². The molecule has 146 valence electrons. The molecule has 2 aromatic heterocycles. The summed E-state index contributed by atoms with van der Waals surface area (Å²) in [5, 5.41) is 2.31. The molecule has 2 unspecified atom stereocenters. The zero-order chi connectivity index (χ0) is 18.8. The van der Waals surface area contributed by atoms with E-state index in [1.165, 1.54) is 17.2 Å². The highest BCUT2D eigenvalue weighted by Crippen LogP contribution is 2.06. The highest BCUT2D eigenvalue weighted by Gasteiger charge is 2.18. The highest BCUT2D eigenvalue weighted by atomic mass is 35.5. The molecule has 2 N–H and O–H groups in total. The molecule has 0 saturated carbocycles. The first kappa shape index (κ1) is 20.9. The largest absolute Gasteiger partial charge is 1.00 e. The first-order chi connectivity index (χ1) is 12.4. The van der Waals surface area contributed by atoms with Crippen LogP contribution in [0.5, 0.6) is 0 Å². The topological polar surface area (TPSA) is 78.4 Å². The molecular weight excluding hydrogens is 366 g/mol. The standard InChI is InChI=1S/C19H25N5O2.ClH/c1-13(10-15-8-6-5-7-9-15)21-14(2)11-24-12-20-17-16(24)18(25)23(4)19(26)22(17)3;/h5-9,12-14,21H,10-11H2,1-4H3;1H. The number of fused-ring (bicyclic) bond motifs is 1. The molecule has 27 heavy (non-hydrogen) atoms. The molecule has 8 heteroatoms. The van der Waals surface area contributed by atoms with Crippen LogP contribution >= 0.6 is 0 Å². The van der Waals surface area contributed by atoms with Crippen molar-refractivity contribution in [3.05, 3.63) is 63.1 Å². The maximum atomic E-state index is 12.5. The molecule has 7 nitrogen and oxygen atoms in total. The van der Waals surface area contributed by atoms with E-state index in [-0.39, 0.29) is 29.7 Å². The minimum Gasteiger partial charge on any atom is -1.00 e. The average molecular weight is 392 g/mol. The first-order valence-corrected chi connectivity index (χ1v) is 8.88. The molecule has 3 rings (SSSR count). The monoisotopic (exact) mass is 391 g/mol. The van der Waals surface area contributed by atoms with E-state index in [1.54, 1.807) is 13.4 Å². The smallest absolute Gasteiger partial charge is 0.332 e. The van der Waals surface area contributed by atoms with Crippen molar-refractivity contribution < 1.29 is 17.7 Å². The van der Waals surface area contributed by atoms with Crippen molar-refractivity contribution in [3.63, 3.8) is 0 Å². The van der Waals surface area contributed by atoms with Crippen LogP contribution in [0.2, 0.25) is 0 Å². The summed E-state index contributed by atoms with van der Waals surface area (Å²) in [4.78, 5) is 28.8. The molecule has 3 aromatic rings. The fourth-order valence-corrected chi connectivity index (χ4v) is 3.52. The summed E-state index contributed by atoms with van der Waals surface area (Å²) in [7, 11) is 3.14. The molecule has 0 bridgehead atoms. The summed E-state index contributed by atoms with van der Waals surface area (Å²) in [5.74, 6) is 0. The number of imidazole rings is 1. The summed E-state index contributed by atoms with van der Waals surface area (Å²) < 4.78 is 4.40. The SMILES string of the molecule is CC(Cc1ccccc1)[NH2+]C(C)Cn1cnc2c1c(=O)n(C)c(=O)n2C.[Cl-]. The van der Waals surface area contributed by atoms with Gasteiger partial charge in [-0.15, -0.1) is 0 Å². The van der Waals surface area contributed by atoms with Crippen LogP contribution in [0.15, 0.2) is 46.2 Å². The van der Waals surface area contributed by atoms with Gasteiger partial charge in [0.2, 0.25) is 0 Å². The zero-order valence-electron chi connectivity index (χ0n) is 16.1. The van der Waals surface area contributed by atoms with Crippen LogP contribution in [-0.2, 0) is 27.1 Å². The number of nitrogens with two attached hydrogens (primary N) is 1. The summed E-state index contributed by atoms with van der Waals surface area (Å²) in [6.45, 7) is 5.00. The second kappa shape index (κ2) is 8.54. The van der Waals surface area contributed by atoms with Crippen molar-refractivity contribution in [2.45, 2.75) is 38.9 Å². The number of nitrogens with zero attached hydrogens (tertiary/aromatic N) is 4. The average Bonchev–Trinajstić information content (AvgIpc) is 3.02. The fraction of sp³-hybridized carbons (Fsp3) is 0.421. The summed E-state index contributed by atoms with van der Waals surface area (Å²) in [6, 6.07) is 11.1. The lowest BCUT2D eigenvalue weighted by Gasteiger charge is -2.17. The van der Waals surface area contributed by atoms with Crippen LogP contribution in [0.4, 0.5) is 0 Å². The van der Waals surface area contributed by atoms with Gasteiger partial charge in [-0.2, -0.15) is 0 Å².